The number of hydrogen-bond acceptors (Lipinski definition) is 6. The van der Waals surface area contributed by atoms with E-state index in [1.807, 2.05) is 24.3 Å². The monoisotopic (exact) mass is 349 g/mol. The van der Waals surface area contributed by atoms with E-state index in [9.17, 15) is 9.59 Å². The van der Waals surface area contributed by atoms with Crippen LogP contribution in [-0.2, 0) is 9.53 Å². The molecular formula is C15H12ClN3O3S. The highest BCUT2D eigenvalue weighted by atomic mass is 35.5. The molecule has 0 atom stereocenters. The Morgan fingerprint density at radius 2 is 2.17 bits per heavy atom. The van der Waals surface area contributed by atoms with Crippen molar-refractivity contribution in [3.8, 4) is 6.07 Å². The lowest BCUT2D eigenvalue weighted by atomic mass is 10.2. The van der Waals surface area contributed by atoms with Crippen molar-refractivity contribution in [2.45, 2.75) is 6.92 Å². The molecule has 6 nitrogen and oxygen atoms in total. The van der Waals surface area contributed by atoms with Gasteiger partial charge in [-0.25, -0.2) is 4.79 Å². The van der Waals surface area contributed by atoms with Gasteiger partial charge < -0.3 is 10.2 Å². The Morgan fingerprint density at radius 1 is 1.43 bits per heavy atom. The third-order valence-corrected chi connectivity index (χ3v) is 4.43. The SMILES string of the molecule is CCOC(=O)/C(C#N)=C/NNC(=O)c1sc2ccccc2c1Cl. The maximum Gasteiger partial charge on any atom is 0.350 e. The van der Waals surface area contributed by atoms with Crippen molar-refractivity contribution in [2.24, 2.45) is 0 Å². The summed E-state index contributed by atoms with van der Waals surface area (Å²) in [6, 6.07) is 9.07. The number of amides is 1. The Bertz CT molecular complexity index is 823. The van der Waals surface area contributed by atoms with Gasteiger partial charge in [0.25, 0.3) is 5.91 Å². The molecule has 2 rings (SSSR count). The van der Waals surface area contributed by atoms with Gasteiger partial charge >= 0.3 is 5.97 Å². The molecule has 0 bridgehead atoms. The largest absolute Gasteiger partial charge is 0.462 e. The van der Waals surface area contributed by atoms with Gasteiger partial charge in [0.1, 0.15) is 10.9 Å². The average Bonchev–Trinajstić information content (AvgIpc) is 2.89. The predicted octanol–water partition coefficient (Wildman–Crippen LogP) is 2.76. The summed E-state index contributed by atoms with van der Waals surface area (Å²) >= 11 is 7.44. The van der Waals surface area contributed by atoms with Crippen LogP contribution < -0.4 is 10.9 Å². The maximum atomic E-state index is 12.1. The fourth-order valence-electron chi connectivity index (χ4n) is 1.74. The zero-order chi connectivity index (χ0) is 16.8. The van der Waals surface area contributed by atoms with E-state index >= 15 is 0 Å². The van der Waals surface area contributed by atoms with Crippen LogP contribution in [0.1, 0.15) is 16.6 Å². The van der Waals surface area contributed by atoms with Gasteiger partial charge in [0.15, 0.2) is 5.57 Å². The first-order valence-electron chi connectivity index (χ1n) is 6.58. The molecule has 0 radical (unpaired) electrons. The van der Waals surface area contributed by atoms with E-state index in [1.54, 1.807) is 13.0 Å². The molecule has 0 aliphatic heterocycles. The molecule has 1 aromatic carbocycles. The first-order chi connectivity index (χ1) is 11.1. The third-order valence-electron chi connectivity index (χ3n) is 2.76. The molecule has 1 aromatic heterocycles. The number of benzene rings is 1. The van der Waals surface area contributed by atoms with Crippen LogP contribution in [0.2, 0.25) is 5.02 Å². The number of nitriles is 1. The number of nitrogens with one attached hydrogen (secondary N) is 2. The fourth-order valence-corrected chi connectivity index (χ4v) is 3.15. The summed E-state index contributed by atoms with van der Waals surface area (Å²) in [6.45, 7) is 1.78. The van der Waals surface area contributed by atoms with E-state index in [-0.39, 0.29) is 12.2 Å². The lowest BCUT2D eigenvalue weighted by molar-refractivity contribution is -0.138. The summed E-state index contributed by atoms with van der Waals surface area (Å²) in [6.07, 6.45) is 1.07. The Kier molecular flexibility index (Phi) is 5.57. The van der Waals surface area contributed by atoms with Crippen LogP contribution in [0.5, 0.6) is 0 Å². The van der Waals surface area contributed by atoms with Crippen LogP contribution in [0.4, 0.5) is 0 Å². The van der Waals surface area contributed by atoms with Crippen LogP contribution in [0.25, 0.3) is 10.1 Å². The summed E-state index contributed by atoms with van der Waals surface area (Å²) < 4.78 is 5.59. The molecule has 0 saturated carbocycles. The smallest absolute Gasteiger partial charge is 0.350 e. The van der Waals surface area contributed by atoms with Crippen LogP contribution in [0, 0.1) is 11.3 Å². The highest BCUT2D eigenvalue weighted by Crippen LogP contribution is 2.34. The molecule has 1 amide bonds. The lowest BCUT2D eigenvalue weighted by Gasteiger charge is -2.04. The first-order valence-corrected chi connectivity index (χ1v) is 7.78. The fraction of sp³-hybridized carbons (Fsp3) is 0.133. The molecule has 8 heteroatoms. The number of esters is 1. The molecule has 2 aromatic rings. The van der Waals surface area contributed by atoms with Crippen molar-refractivity contribution in [3.05, 3.63) is 45.9 Å². The molecule has 0 aliphatic carbocycles. The number of nitrogens with zero attached hydrogens (tertiary/aromatic N) is 1. The number of carbonyl (C=O) groups excluding carboxylic acids is 2. The molecule has 0 fully saturated rings. The maximum absolute atomic E-state index is 12.1. The van der Waals surface area contributed by atoms with Crippen LogP contribution in [0.15, 0.2) is 36.0 Å². The molecule has 0 unspecified atom stereocenters. The van der Waals surface area contributed by atoms with Crippen molar-refractivity contribution in [3.63, 3.8) is 0 Å². The summed E-state index contributed by atoms with van der Waals surface area (Å²) in [5.41, 5.74) is 4.52. The highest BCUT2D eigenvalue weighted by molar-refractivity contribution is 7.21. The Labute approximate surface area is 141 Å². The predicted molar refractivity (Wildman–Crippen MR) is 87.8 cm³/mol. The molecule has 118 valence electrons. The van der Waals surface area contributed by atoms with Gasteiger partial charge in [0.2, 0.25) is 0 Å². The van der Waals surface area contributed by atoms with Gasteiger partial charge in [-0.2, -0.15) is 5.26 Å². The van der Waals surface area contributed by atoms with Crippen molar-refractivity contribution in [2.75, 3.05) is 6.61 Å². The van der Waals surface area contributed by atoms with E-state index < -0.39 is 11.9 Å². The molecule has 2 N–H and O–H groups in total. The minimum Gasteiger partial charge on any atom is -0.462 e. The Hall–Kier alpha value is -2.56. The second-order valence-corrected chi connectivity index (χ2v) is 5.66. The minimum absolute atomic E-state index is 0.154. The number of carbonyl (C=O) groups is 2. The highest BCUT2D eigenvalue weighted by Gasteiger charge is 2.16. The molecule has 1 heterocycles. The van der Waals surface area contributed by atoms with Gasteiger partial charge in [-0.3, -0.25) is 10.2 Å². The lowest BCUT2D eigenvalue weighted by Crippen LogP contribution is -2.33. The molecule has 0 aliphatic rings. The van der Waals surface area contributed by atoms with Gasteiger partial charge in [-0.05, 0) is 13.0 Å². The topological polar surface area (TPSA) is 91.2 Å². The first kappa shape index (κ1) is 16.8. The standard InChI is InChI=1S/C15H12ClN3O3S/c1-2-22-15(21)9(7-17)8-18-19-14(20)13-12(16)10-5-3-4-6-11(10)23-13/h3-6,8,18H,2H2,1H3,(H,19,20)/b9-8+. The van der Waals surface area contributed by atoms with Crippen molar-refractivity contribution in [1.29, 1.82) is 5.26 Å². The summed E-state index contributed by atoms with van der Waals surface area (Å²) in [5.74, 6) is -1.23. The van der Waals surface area contributed by atoms with Crippen molar-refractivity contribution in [1.82, 2.24) is 10.9 Å². The summed E-state index contributed by atoms with van der Waals surface area (Å²) in [7, 11) is 0. The second kappa shape index (κ2) is 7.63. The molecular weight excluding hydrogens is 338 g/mol. The van der Waals surface area contributed by atoms with Crippen LogP contribution in [-0.4, -0.2) is 18.5 Å². The number of thiophene rings is 1. The Balaban J connectivity index is 2.08. The van der Waals surface area contributed by atoms with Crippen LogP contribution in [0.3, 0.4) is 0 Å². The van der Waals surface area contributed by atoms with E-state index in [1.165, 1.54) is 11.3 Å². The summed E-state index contributed by atoms with van der Waals surface area (Å²) in [4.78, 5) is 23.9. The molecule has 23 heavy (non-hydrogen) atoms. The quantitative estimate of drug-likeness (QED) is 0.375. The third kappa shape index (κ3) is 3.80. The van der Waals surface area contributed by atoms with Gasteiger partial charge in [-0.1, -0.05) is 29.8 Å². The molecule has 0 spiro atoms. The minimum atomic E-state index is -0.767. The van der Waals surface area contributed by atoms with E-state index in [0.717, 1.165) is 16.3 Å². The number of ether oxygens (including phenoxy) is 1. The van der Waals surface area contributed by atoms with E-state index in [0.29, 0.717) is 9.90 Å². The number of hydrazine groups is 1. The van der Waals surface area contributed by atoms with Crippen molar-refractivity contribution >= 4 is 44.9 Å². The van der Waals surface area contributed by atoms with E-state index in [4.69, 9.17) is 21.6 Å². The number of halogens is 1. The van der Waals surface area contributed by atoms with Crippen molar-refractivity contribution < 1.29 is 14.3 Å². The van der Waals surface area contributed by atoms with Gasteiger partial charge in [0.05, 0.1) is 11.6 Å². The second-order valence-electron chi connectivity index (χ2n) is 4.23. The number of hydrogen-bond donors (Lipinski definition) is 2. The van der Waals surface area contributed by atoms with Gasteiger partial charge in [-0.15, -0.1) is 11.3 Å². The molecule has 0 saturated heterocycles. The van der Waals surface area contributed by atoms with Crippen LogP contribution >= 0.6 is 22.9 Å². The summed E-state index contributed by atoms with van der Waals surface area (Å²) in [5, 5.41) is 10.0. The number of rotatable bonds is 5. The zero-order valence-electron chi connectivity index (χ0n) is 12.1. The average molecular weight is 350 g/mol. The van der Waals surface area contributed by atoms with E-state index in [2.05, 4.69) is 10.9 Å². The normalized spacial score (nSPS) is 10.9. The Morgan fingerprint density at radius 3 is 2.83 bits per heavy atom. The zero-order valence-corrected chi connectivity index (χ0v) is 13.6. The van der Waals surface area contributed by atoms with Gasteiger partial charge in [0, 0.05) is 16.3 Å². The number of fused-ring (bicyclic) bond motifs is 1.